The van der Waals surface area contributed by atoms with Crippen molar-refractivity contribution in [2.45, 2.75) is 37.5 Å². The van der Waals surface area contributed by atoms with Crippen LogP contribution < -0.4 is 15.4 Å². The molecule has 4 rings (SSSR count). The third-order valence-corrected chi connectivity index (χ3v) is 8.77. The first-order valence-corrected chi connectivity index (χ1v) is 15.8. The maximum absolute atomic E-state index is 12.8. The lowest BCUT2D eigenvalue weighted by atomic mass is 10.0. The zero-order chi connectivity index (χ0) is 28.5. The summed E-state index contributed by atoms with van der Waals surface area (Å²) in [5.41, 5.74) is 3.82. The number of sulfonamides is 1. The topological polar surface area (TPSA) is 126 Å². The molecular weight excluding hydrogens is 643 g/mol. The molecule has 11 heteroatoms. The number of carbonyl (C=O) groups is 2. The highest BCUT2D eigenvalue weighted by molar-refractivity contribution is 14.1. The number of anilines is 1. The Hall–Kier alpha value is -3.03. The van der Waals surface area contributed by atoms with E-state index in [9.17, 15) is 18.0 Å². The number of amides is 1. The number of ether oxygens (including phenoxy) is 1. The van der Waals surface area contributed by atoms with Crippen LogP contribution in [0.25, 0.3) is 0 Å². The number of hydrogen-bond donors (Lipinski definition) is 3. The van der Waals surface area contributed by atoms with Crippen molar-refractivity contribution in [3.05, 3.63) is 86.6 Å². The van der Waals surface area contributed by atoms with Crippen LogP contribution in [-0.4, -0.2) is 51.5 Å². The molecule has 0 fully saturated rings. The van der Waals surface area contributed by atoms with Crippen LogP contribution in [-0.2, 0) is 38.8 Å². The quantitative estimate of drug-likeness (QED) is 0.197. The SMILES string of the molecule is CCOC(=O)[C@H](CNC(=O)c1ccc(CCc2ccc3c(n2)NCCC3)cc1)CNS(=O)(=O)c1ccc(I)cc1. The second-order valence-corrected chi connectivity index (χ2v) is 12.5. The van der Waals surface area contributed by atoms with Gasteiger partial charge in [0.05, 0.1) is 17.4 Å². The first-order chi connectivity index (χ1) is 19.2. The Morgan fingerprint density at radius 2 is 1.77 bits per heavy atom. The number of rotatable bonds is 12. The van der Waals surface area contributed by atoms with E-state index >= 15 is 0 Å². The number of halogens is 1. The van der Waals surface area contributed by atoms with E-state index in [-0.39, 0.29) is 30.5 Å². The van der Waals surface area contributed by atoms with E-state index in [4.69, 9.17) is 9.72 Å². The molecule has 9 nitrogen and oxygen atoms in total. The minimum atomic E-state index is -3.83. The van der Waals surface area contributed by atoms with Crippen LogP contribution >= 0.6 is 22.6 Å². The molecule has 3 aromatic rings. The van der Waals surface area contributed by atoms with Crippen LogP contribution in [0.1, 0.15) is 40.5 Å². The Morgan fingerprint density at radius 1 is 1.02 bits per heavy atom. The van der Waals surface area contributed by atoms with Crippen molar-refractivity contribution < 1.29 is 22.7 Å². The molecule has 0 radical (unpaired) electrons. The number of fused-ring (bicyclic) bond motifs is 1. The Morgan fingerprint density at radius 3 is 2.50 bits per heavy atom. The summed E-state index contributed by atoms with van der Waals surface area (Å²) in [5, 5.41) is 6.10. The van der Waals surface area contributed by atoms with Crippen LogP contribution in [0.5, 0.6) is 0 Å². The van der Waals surface area contributed by atoms with E-state index in [0.717, 1.165) is 52.9 Å². The molecule has 40 heavy (non-hydrogen) atoms. The molecule has 1 aromatic heterocycles. The van der Waals surface area contributed by atoms with Gasteiger partial charge in [-0.1, -0.05) is 18.2 Å². The number of aryl methyl sites for hydroxylation is 3. The maximum atomic E-state index is 12.8. The lowest BCUT2D eigenvalue weighted by Crippen LogP contribution is -2.41. The van der Waals surface area contributed by atoms with Crippen molar-refractivity contribution in [2.24, 2.45) is 5.92 Å². The van der Waals surface area contributed by atoms with Gasteiger partial charge >= 0.3 is 5.97 Å². The summed E-state index contributed by atoms with van der Waals surface area (Å²) in [7, 11) is -3.83. The largest absolute Gasteiger partial charge is 0.466 e. The first kappa shape index (κ1) is 29.9. The van der Waals surface area contributed by atoms with Gasteiger partial charge in [-0.15, -0.1) is 0 Å². The van der Waals surface area contributed by atoms with Gasteiger partial charge in [-0.05, 0) is 109 Å². The van der Waals surface area contributed by atoms with Crippen LogP contribution in [0, 0.1) is 9.49 Å². The van der Waals surface area contributed by atoms with Gasteiger partial charge < -0.3 is 15.4 Å². The van der Waals surface area contributed by atoms with Crippen molar-refractivity contribution in [3.63, 3.8) is 0 Å². The Balaban J connectivity index is 1.31. The molecule has 0 bridgehead atoms. The summed E-state index contributed by atoms with van der Waals surface area (Å²) in [6, 6.07) is 17.9. The number of carbonyl (C=O) groups excluding carboxylic acids is 2. The molecule has 0 unspecified atom stereocenters. The number of nitrogens with one attached hydrogen (secondary N) is 3. The van der Waals surface area contributed by atoms with E-state index in [1.165, 1.54) is 17.7 Å². The third-order valence-electron chi connectivity index (χ3n) is 6.61. The van der Waals surface area contributed by atoms with Gasteiger partial charge in [0.1, 0.15) is 5.82 Å². The van der Waals surface area contributed by atoms with Gasteiger partial charge in [-0.2, -0.15) is 0 Å². The summed E-state index contributed by atoms with van der Waals surface area (Å²) in [6.07, 6.45) is 3.77. The van der Waals surface area contributed by atoms with E-state index in [0.29, 0.717) is 5.56 Å². The maximum Gasteiger partial charge on any atom is 0.312 e. The number of hydrogen-bond acceptors (Lipinski definition) is 7. The van der Waals surface area contributed by atoms with Crippen molar-refractivity contribution in [1.82, 2.24) is 15.0 Å². The lowest BCUT2D eigenvalue weighted by molar-refractivity contribution is -0.147. The van der Waals surface area contributed by atoms with E-state index in [1.54, 1.807) is 31.2 Å². The van der Waals surface area contributed by atoms with Gasteiger partial charge in [0.25, 0.3) is 5.91 Å². The predicted molar refractivity (Wildman–Crippen MR) is 162 cm³/mol. The zero-order valence-electron chi connectivity index (χ0n) is 22.3. The number of nitrogens with zero attached hydrogens (tertiary/aromatic N) is 1. The highest BCUT2D eigenvalue weighted by atomic mass is 127. The van der Waals surface area contributed by atoms with E-state index in [2.05, 4.69) is 50.1 Å². The second kappa shape index (κ2) is 14.0. The molecule has 1 amide bonds. The fourth-order valence-corrected chi connectivity index (χ4v) is 5.77. The average Bonchev–Trinajstić information content (AvgIpc) is 2.96. The Labute approximate surface area is 248 Å². The Bertz CT molecular complexity index is 1430. The second-order valence-electron chi connectivity index (χ2n) is 9.50. The minimum Gasteiger partial charge on any atom is -0.466 e. The summed E-state index contributed by atoms with van der Waals surface area (Å²) in [6.45, 7) is 2.48. The third kappa shape index (κ3) is 8.24. The predicted octanol–water partition coefficient (Wildman–Crippen LogP) is 3.72. The summed E-state index contributed by atoms with van der Waals surface area (Å²) in [4.78, 5) is 30.1. The van der Waals surface area contributed by atoms with Crippen LogP contribution in [0.4, 0.5) is 5.82 Å². The van der Waals surface area contributed by atoms with Crippen molar-refractivity contribution in [2.75, 3.05) is 31.6 Å². The number of esters is 1. The highest BCUT2D eigenvalue weighted by Gasteiger charge is 2.24. The van der Waals surface area contributed by atoms with Crippen molar-refractivity contribution >= 4 is 50.3 Å². The van der Waals surface area contributed by atoms with E-state index < -0.39 is 21.9 Å². The molecule has 212 valence electrons. The number of aromatic nitrogens is 1. The van der Waals surface area contributed by atoms with Gasteiger partial charge in [0, 0.05) is 34.5 Å². The average molecular weight is 677 g/mol. The van der Waals surface area contributed by atoms with Crippen molar-refractivity contribution in [1.29, 1.82) is 0 Å². The molecule has 0 aliphatic carbocycles. The summed E-state index contributed by atoms with van der Waals surface area (Å²) >= 11 is 2.09. The monoisotopic (exact) mass is 676 g/mol. The summed E-state index contributed by atoms with van der Waals surface area (Å²) < 4.78 is 33.8. The molecule has 1 aliphatic rings. The molecule has 0 spiro atoms. The van der Waals surface area contributed by atoms with Crippen LogP contribution in [0.3, 0.4) is 0 Å². The lowest BCUT2D eigenvalue weighted by Gasteiger charge is -2.17. The molecule has 2 aromatic carbocycles. The molecule has 2 heterocycles. The standard InChI is InChI=1S/C29H33IN4O5S/c1-2-39-29(36)23(19-33-40(37,38)26-15-11-24(30)12-16-26)18-32-28(35)22-8-5-20(6-9-22)7-13-25-14-10-21-4-3-17-31-27(21)34-25/h5-6,8-12,14-16,23,33H,2-4,7,13,17-19H2,1H3,(H,31,34)(H,32,35)/t23-/m1/s1. The molecule has 1 aliphatic heterocycles. The molecular formula is C29H33IN4O5S. The molecule has 1 atom stereocenters. The first-order valence-electron chi connectivity index (χ1n) is 13.3. The van der Waals surface area contributed by atoms with Gasteiger partial charge in [0.15, 0.2) is 0 Å². The van der Waals surface area contributed by atoms with Crippen LogP contribution in [0.15, 0.2) is 65.6 Å². The smallest absolute Gasteiger partial charge is 0.312 e. The van der Waals surface area contributed by atoms with Crippen molar-refractivity contribution in [3.8, 4) is 0 Å². The van der Waals surface area contributed by atoms with Gasteiger partial charge in [-0.25, -0.2) is 18.1 Å². The Kier molecular flexibility index (Phi) is 10.5. The number of pyridine rings is 1. The summed E-state index contributed by atoms with van der Waals surface area (Å²) in [5.74, 6) is -0.849. The zero-order valence-corrected chi connectivity index (χ0v) is 25.3. The number of benzene rings is 2. The molecule has 3 N–H and O–H groups in total. The molecule has 0 saturated heterocycles. The van der Waals surface area contributed by atoms with E-state index in [1.807, 2.05) is 12.1 Å². The fourth-order valence-electron chi connectivity index (χ4n) is 4.33. The van der Waals surface area contributed by atoms with Crippen LogP contribution in [0.2, 0.25) is 0 Å². The van der Waals surface area contributed by atoms with Gasteiger partial charge in [0.2, 0.25) is 10.0 Å². The normalized spacial score (nSPS) is 13.6. The molecule has 0 saturated carbocycles. The fraction of sp³-hybridized carbons (Fsp3) is 0.345. The van der Waals surface area contributed by atoms with Gasteiger partial charge in [-0.3, -0.25) is 9.59 Å². The highest BCUT2D eigenvalue weighted by Crippen LogP contribution is 2.20. The minimum absolute atomic E-state index is 0.0767.